The summed E-state index contributed by atoms with van der Waals surface area (Å²) in [6, 6.07) is 10.4. The van der Waals surface area contributed by atoms with Gasteiger partial charge in [-0.3, -0.25) is 19.5 Å². The molecule has 1 aliphatic rings. The molecule has 0 aliphatic carbocycles. The van der Waals surface area contributed by atoms with Crippen molar-refractivity contribution in [1.29, 1.82) is 0 Å². The van der Waals surface area contributed by atoms with Gasteiger partial charge < -0.3 is 15.5 Å². The molecule has 0 unspecified atom stereocenters. The summed E-state index contributed by atoms with van der Waals surface area (Å²) in [5, 5.41) is 6.46. The van der Waals surface area contributed by atoms with Crippen LogP contribution in [-0.4, -0.2) is 62.4 Å². The number of anilines is 1. The van der Waals surface area contributed by atoms with E-state index in [9.17, 15) is 9.59 Å². The van der Waals surface area contributed by atoms with Gasteiger partial charge in [-0.2, -0.15) is 0 Å². The molecule has 1 heterocycles. The van der Waals surface area contributed by atoms with Crippen molar-refractivity contribution in [3.63, 3.8) is 0 Å². The minimum absolute atomic E-state index is 0.0726. The van der Waals surface area contributed by atoms with Crippen molar-refractivity contribution in [2.45, 2.75) is 32.6 Å². The average molecular weight is 374 g/mol. The smallest absolute Gasteiger partial charge is 0.229 e. The molecule has 2 rings (SSSR count). The minimum Gasteiger partial charge on any atom is -0.372 e. The second-order valence-electron chi connectivity index (χ2n) is 6.49. The van der Waals surface area contributed by atoms with Gasteiger partial charge in [-0.05, 0) is 31.9 Å². The second kappa shape index (κ2) is 11.2. The van der Waals surface area contributed by atoms with Gasteiger partial charge in [0.15, 0.2) is 5.96 Å². The van der Waals surface area contributed by atoms with E-state index in [1.807, 2.05) is 6.07 Å². The van der Waals surface area contributed by atoms with Gasteiger partial charge in [-0.1, -0.05) is 18.2 Å². The van der Waals surface area contributed by atoms with Crippen molar-refractivity contribution in [3.05, 3.63) is 30.3 Å². The van der Waals surface area contributed by atoms with Crippen LogP contribution in [0, 0.1) is 0 Å². The first-order chi connectivity index (χ1) is 13.2. The highest BCUT2D eigenvalue weighted by atomic mass is 16.2. The van der Waals surface area contributed by atoms with Crippen LogP contribution in [0.15, 0.2) is 35.3 Å². The molecule has 7 nitrogen and oxygen atoms in total. The number of rotatable bonds is 9. The first-order valence-electron chi connectivity index (χ1n) is 9.73. The number of nitrogens with one attached hydrogen (secondary N) is 2. The van der Waals surface area contributed by atoms with E-state index in [0.717, 1.165) is 26.1 Å². The molecule has 2 N–H and O–H groups in total. The standard InChI is InChI=1S/C20H31N5O2/c1-3-24(17-9-5-4-6-10-17)15-8-13-22-20(21-2)23-14-16-25-18(26)11-7-12-19(25)27/h4-6,9-10H,3,7-8,11-16H2,1-2H3,(H2,21,22,23). The van der Waals surface area contributed by atoms with Gasteiger partial charge in [0.1, 0.15) is 0 Å². The maximum absolute atomic E-state index is 11.8. The van der Waals surface area contributed by atoms with E-state index < -0.39 is 0 Å². The molecule has 27 heavy (non-hydrogen) atoms. The van der Waals surface area contributed by atoms with E-state index in [0.29, 0.717) is 38.3 Å². The lowest BCUT2D eigenvalue weighted by Crippen LogP contribution is -2.46. The highest BCUT2D eigenvalue weighted by molar-refractivity contribution is 5.97. The molecule has 1 aliphatic heterocycles. The van der Waals surface area contributed by atoms with Crippen LogP contribution in [-0.2, 0) is 9.59 Å². The number of benzene rings is 1. The van der Waals surface area contributed by atoms with Crippen LogP contribution in [0.4, 0.5) is 5.69 Å². The van der Waals surface area contributed by atoms with Crippen LogP contribution in [0.2, 0.25) is 0 Å². The van der Waals surface area contributed by atoms with Gasteiger partial charge in [0.2, 0.25) is 11.8 Å². The summed E-state index contributed by atoms with van der Waals surface area (Å²) in [4.78, 5) is 31.5. The molecule has 1 fully saturated rings. The summed E-state index contributed by atoms with van der Waals surface area (Å²) >= 11 is 0. The lowest BCUT2D eigenvalue weighted by atomic mass is 10.1. The fourth-order valence-electron chi connectivity index (χ4n) is 3.14. The van der Waals surface area contributed by atoms with E-state index in [-0.39, 0.29) is 11.8 Å². The molecule has 0 radical (unpaired) electrons. The van der Waals surface area contributed by atoms with Gasteiger partial charge in [0, 0.05) is 58.3 Å². The number of carbonyl (C=O) groups is 2. The molecule has 0 saturated carbocycles. The SMILES string of the molecule is CCN(CCCNC(=NC)NCCN1C(=O)CCCC1=O)c1ccccc1. The van der Waals surface area contributed by atoms with Crippen LogP contribution in [0.25, 0.3) is 0 Å². The molecule has 1 aromatic carbocycles. The number of likely N-dealkylation sites (tertiary alicyclic amines) is 1. The van der Waals surface area contributed by atoms with Crippen LogP contribution >= 0.6 is 0 Å². The molecule has 1 aromatic rings. The fourth-order valence-corrected chi connectivity index (χ4v) is 3.14. The van der Waals surface area contributed by atoms with E-state index >= 15 is 0 Å². The van der Waals surface area contributed by atoms with Crippen molar-refractivity contribution >= 4 is 23.5 Å². The van der Waals surface area contributed by atoms with Crippen molar-refractivity contribution in [2.75, 3.05) is 44.7 Å². The van der Waals surface area contributed by atoms with Gasteiger partial charge in [0.25, 0.3) is 0 Å². The number of para-hydroxylation sites is 1. The Morgan fingerprint density at radius 3 is 2.41 bits per heavy atom. The minimum atomic E-state index is -0.0726. The van der Waals surface area contributed by atoms with E-state index in [2.05, 4.69) is 51.7 Å². The quantitative estimate of drug-likeness (QED) is 0.298. The molecular weight excluding hydrogens is 342 g/mol. The van der Waals surface area contributed by atoms with Crippen molar-refractivity contribution < 1.29 is 9.59 Å². The molecule has 0 aromatic heterocycles. The Morgan fingerprint density at radius 2 is 1.78 bits per heavy atom. The van der Waals surface area contributed by atoms with Crippen LogP contribution in [0.3, 0.4) is 0 Å². The number of imide groups is 1. The molecule has 148 valence electrons. The third-order valence-electron chi connectivity index (χ3n) is 4.64. The number of aliphatic imine (C=N–C) groups is 1. The number of piperidine rings is 1. The number of guanidine groups is 1. The van der Waals surface area contributed by atoms with Crippen LogP contribution in [0.5, 0.6) is 0 Å². The first-order valence-corrected chi connectivity index (χ1v) is 9.73. The van der Waals surface area contributed by atoms with Crippen LogP contribution < -0.4 is 15.5 Å². The van der Waals surface area contributed by atoms with Crippen LogP contribution in [0.1, 0.15) is 32.6 Å². The van der Waals surface area contributed by atoms with Gasteiger partial charge in [-0.15, -0.1) is 0 Å². The highest BCUT2D eigenvalue weighted by Gasteiger charge is 2.25. The predicted octanol–water partition coefficient (Wildman–Crippen LogP) is 1.61. The molecule has 0 bridgehead atoms. The summed E-state index contributed by atoms with van der Waals surface area (Å²) in [5.74, 6) is 0.544. The number of carbonyl (C=O) groups excluding carboxylic acids is 2. The third kappa shape index (κ3) is 6.58. The Labute approximate surface area is 161 Å². The average Bonchev–Trinajstić information content (AvgIpc) is 2.69. The first kappa shape index (κ1) is 20.7. The Bertz CT molecular complexity index is 617. The zero-order chi connectivity index (χ0) is 19.5. The monoisotopic (exact) mass is 373 g/mol. The third-order valence-corrected chi connectivity index (χ3v) is 4.64. The Morgan fingerprint density at radius 1 is 1.11 bits per heavy atom. The maximum Gasteiger partial charge on any atom is 0.229 e. The zero-order valence-electron chi connectivity index (χ0n) is 16.4. The molecule has 0 spiro atoms. The molecule has 1 saturated heterocycles. The molecule has 0 atom stereocenters. The lowest BCUT2D eigenvalue weighted by Gasteiger charge is -2.25. The number of amides is 2. The van der Waals surface area contributed by atoms with E-state index in [1.54, 1.807) is 7.05 Å². The normalized spacial score (nSPS) is 15.0. The van der Waals surface area contributed by atoms with Gasteiger partial charge in [0.05, 0.1) is 0 Å². The summed E-state index contributed by atoms with van der Waals surface area (Å²) in [6.07, 6.45) is 2.58. The Hall–Kier alpha value is -2.57. The fraction of sp³-hybridized carbons (Fsp3) is 0.550. The number of hydrogen-bond donors (Lipinski definition) is 2. The summed E-state index contributed by atoms with van der Waals surface area (Å²) in [7, 11) is 1.72. The zero-order valence-corrected chi connectivity index (χ0v) is 16.4. The van der Waals surface area contributed by atoms with E-state index in [1.165, 1.54) is 10.6 Å². The lowest BCUT2D eigenvalue weighted by molar-refractivity contribution is -0.147. The largest absolute Gasteiger partial charge is 0.372 e. The summed E-state index contributed by atoms with van der Waals surface area (Å²) in [6.45, 7) is 5.77. The Kier molecular flexibility index (Phi) is 8.61. The topological polar surface area (TPSA) is 77.0 Å². The Balaban J connectivity index is 1.66. The maximum atomic E-state index is 11.8. The van der Waals surface area contributed by atoms with Gasteiger partial charge >= 0.3 is 0 Å². The van der Waals surface area contributed by atoms with Crippen molar-refractivity contribution in [2.24, 2.45) is 4.99 Å². The predicted molar refractivity (Wildman–Crippen MR) is 109 cm³/mol. The molecule has 7 heteroatoms. The van der Waals surface area contributed by atoms with Crippen molar-refractivity contribution in [1.82, 2.24) is 15.5 Å². The summed E-state index contributed by atoms with van der Waals surface area (Å²) in [5.41, 5.74) is 1.23. The van der Waals surface area contributed by atoms with Gasteiger partial charge in [-0.25, -0.2) is 0 Å². The summed E-state index contributed by atoms with van der Waals surface area (Å²) < 4.78 is 0. The molecule has 2 amide bonds. The van der Waals surface area contributed by atoms with Crippen molar-refractivity contribution in [3.8, 4) is 0 Å². The van der Waals surface area contributed by atoms with E-state index in [4.69, 9.17) is 0 Å². The second-order valence-corrected chi connectivity index (χ2v) is 6.49. The number of nitrogens with zero attached hydrogens (tertiary/aromatic N) is 3. The highest BCUT2D eigenvalue weighted by Crippen LogP contribution is 2.13. The molecular formula is C20H31N5O2. The number of hydrogen-bond acceptors (Lipinski definition) is 4.